The van der Waals surface area contributed by atoms with Crippen molar-refractivity contribution in [2.24, 2.45) is 0 Å². The van der Waals surface area contributed by atoms with Crippen LogP contribution in [0.15, 0.2) is 30.7 Å². The van der Waals surface area contributed by atoms with Gasteiger partial charge in [0.25, 0.3) is 0 Å². The van der Waals surface area contributed by atoms with Crippen LogP contribution in [0.4, 0.5) is 5.69 Å². The average molecular weight is 270 g/mol. The molecule has 0 aliphatic carbocycles. The number of imidazole rings is 1. The zero-order valence-electron chi connectivity index (χ0n) is 9.45. The molecule has 2 aromatic rings. The van der Waals surface area contributed by atoms with Crippen molar-refractivity contribution < 1.29 is 0 Å². The van der Waals surface area contributed by atoms with E-state index in [1.54, 1.807) is 12.1 Å². The number of anilines is 1. The van der Waals surface area contributed by atoms with Gasteiger partial charge in [-0.05, 0) is 25.1 Å². The van der Waals surface area contributed by atoms with Gasteiger partial charge in [0.15, 0.2) is 0 Å². The summed E-state index contributed by atoms with van der Waals surface area (Å²) in [7, 11) is 0. The molecule has 1 heterocycles. The van der Waals surface area contributed by atoms with Gasteiger partial charge in [0.05, 0.1) is 29.3 Å². The first kappa shape index (κ1) is 12.3. The lowest BCUT2D eigenvalue weighted by Crippen LogP contribution is -2.06. The zero-order chi connectivity index (χ0) is 12.3. The third kappa shape index (κ3) is 2.93. The van der Waals surface area contributed by atoms with Crippen molar-refractivity contribution in [3.8, 4) is 0 Å². The molecule has 0 spiro atoms. The molecule has 0 amide bonds. The van der Waals surface area contributed by atoms with E-state index in [1.807, 2.05) is 18.6 Å². The number of nitrogens with one attached hydrogen (secondary N) is 1. The molecule has 1 aromatic heterocycles. The minimum atomic E-state index is 0.664. The second-order valence-electron chi connectivity index (χ2n) is 3.65. The Morgan fingerprint density at radius 2 is 2.18 bits per heavy atom. The van der Waals surface area contributed by atoms with Crippen LogP contribution in [0.2, 0.25) is 10.0 Å². The van der Waals surface area contributed by atoms with Crippen LogP contribution < -0.4 is 5.32 Å². The first-order valence-electron chi connectivity index (χ1n) is 5.38. The highest BCUT2D eigenvalue weighted by atomic mass is 35.5. The van der Waals surface area contributed by atoms with Gasteiger partial charge in [-0.2, -0.15) is 0 Å². The molecule has 0 atom stereocenters. The van der Waals surface area contributed by atoms with Crippen molar-refractivity contribution in [3.63, 3.8) is 0 Å². The molecule has 2 rings (SSSR count). The fourth-order valence-corrected chi connectivity index (χ4v) is 1.96. The number of benzene rings is 1. The van der Waals surface area contributed by atoms with E-state index in [9.17, 15) is 0 Å². The molecule has 1 aromatic carbocycles. The van der Waals surface area contributed by atoms with Crippen LogP contribution in [0.3, 0.4) is 0 Å². The summed E-state index contributed by atoms with van der Waals surface area (Å²) in [5.41, 5.74) is 1.95. The highest BCUT2D eigenvalue weighted by Crippen LogP contribution is 2.25. The highest BCUT2D eigenvalue weighted by Gasteiger charge is 2.03. The summed E-state index contributed by atoms with van der Waals surface area (Å²) in [6.45, 7) is 3.66. The fraction of sp³-hybridized carbons (Fsp3) is 0.250. The highest BCUT2D eigenvalue weighted by molar-refractivity contribution is 6.35. The number of aromatic nitrogens is 2. The molecule has 90 valence electrons. The van der Waals surface area contributed by atoms with Crippen molar-refractivity contribution in [1.29, 1.82) is 0 Å². The third-order valence-corrected chi connectivity index (χ3v) is 3.09. The van der Waals surface area contributed by atoms with Crippen LogP contribution in [0.25, 0.3) is 0 Å². The third-order valence-electron chi connectivity index (χ3n) is 2.53. The lowest BCUT2D eigenvalue weighted by molar-refractivity contribution is 0.719. The summed E-state index contributed by atoms with van der Waals surface area (Å²) < 4.78 is 2.07. The molecule has 0 fully saturated rings. The standard InChI is InChI=1S/C12H13Cl2N3/c1-2-17-8-15-6-10(17)7-16-12-5-9(13)3-4-11(12)14/h3-6,8,16H,2,7H2,1H3. The molecule has 0 radical (unpaired) electrons. The van der Waals surface area contributed by atoms with Crippen LogP contribution in [-0.2, 0) is 13.1 Å². The number of hydrogen-bond donors (Lipinski definition) is 1. The van der Waals surface area contributed by atoms with Crippen LogP contribution in [0.5, 0.6) is 0 Å². The van der Waals surface area contributed by atoms with E-state index in [2.05, 4.69) is 21.8 Å². The Morgan fingerprint density at radius 1 is 1.35 bits per heavy atom. The maximum Gasteiger partial charge on any atom is 0.0948 e. The van der Waals surface area contributed by atoms with Crippen molar-refractivity contribution in [3.05, 3.63) is 46.5 Å². The van der Waals surface area contributed by atoms with Crippen molar-refractivity contribution in [1.82, 2.24) is 9.55 Å². The molecule has 17 heavy (non-hydrogen) atoms. The molecule has 3 nitrogen and oxygen atoms in total. The van der Waals surface area contributed by atoms with Crippen molar-refractivity contribution >= 4 is 28.9 Å². The normalized spacial score (nSPS) is 10.5. The van der Waals surface area contributed by atoms with E-state index < -0.39 is 0 Å². The SMILES string of the molecule is CCn1cncc1CNc1cc(Cl)ccc1Cl. The summed E-state index contributed by atoms with van der Waals surface area (Å²) in [4.78, 5) is 4.11. The first-order valence-corrected chi connectivity index (χ1v) is 6.14. The summed E-state index contributed by atoms with van der Waals surface area (Å²) in [5.74, 6) is 0. The predicted molar refractivity (Wildman–Crippen MR) is 71.7 cm³/mol. The van der Waals surface area contributed by atoms with Crippen LogP contribution >= 0.6 is 23.2 Å². The molecule has 0 saturated carbocycles. The fourth-order valence-electron chi connectivity index (χ4n) is 1.60. The van der Waals surface area contributed by atoms with E-state index in [0.29, 0.717) is 16.6 Å². The summed E-state index contributed by atoms with van der Waals surface area (Å²) in [6.07, 6.45) is 3.66. The van der Waals surface area contributed by atoms with Gasteiger partial charge < -0.3 is 9.88 Å². The number of aryl methyl sites for hydroxylation is 1. The van der Waals surface area contributed by atoms with E-state index in [0.717, 1.165) is 17.9 Å². The number of hydrogen-bond acceptors (Lipinski definition) is 2. The Labute approximate surface area is 110 Å². The predicted octanol–water partition coefficient (Wildman–Crippen LogP) is 3.82. The Bertz CT molecular complexity index is 508. The van der Waals surface area contributed by atoms with Gasteiger partial charge in [-0.3, -0.25) is 0 Å². The van der Waals surface area contributed by atoms with Gasteiger partial charge in [-0.15, -0.1) is 0 Å². The molecule has 0 aliphatic heterocycles. The van der Waals surface area contributed by atoms with Crippen LogP contribution in [0, 0.1) is 0 Å². The first-order chi connectivity index (χ1) is 8.20. The van der Waals surface area contributed by atoms with Crippen molar-refractivity contribution in [2.75, 3.05) is 5.32 Å². The smallest absolute Gasteiger partial charge is 0.0948 e. The lowest BCUT2D eigenvalue weighted by Gasteiger charge is -2.10. The van der Waals surface area contributed by atoms with Gasteiger partial charge in [-0.1, -0.05) is 23.2 Å². The monoisotopic (exact) mass is 269 g/mol. The average Bonchev–Trinajstić information content (AvgIpc) is 2.77. The lowest BCUT2D eigenvalue weighted by atomic mass is 10.3. The quantitative estimate of drug-likeness (QED) is 0.915. The van der Waals surface area contributed by atoms with Gasteiger partial charge >= 0.3 is 0 Å². The van der Waals surface area contributed by atoms with Crippen LogP contribution in [0.1, 0.15) is 12.6 Å². The van der Waals surface area contributed by atoms with Gasteiger partial charge in [-0.25, -0.2) is 4.98 Å². The number of halogens is 2. The topological polar surface area (TPSA) is 29.9 Å². The maximum absolute atomic E-state index is 6.07. The number of rotatable bonds is 4. The largest absolute Gasteiger partial charge is 0.378 e. The Hall–Kier alpha value is -1.19. The Balaban J connectivity index is 2.09. The molecule has 0 saturated heterocycles. The molecule has 5 heteroatoms. The van der Waals surface area contributed by atoms with E-state index in [-0.39, 0.29) is 0 Å². The van der Waals surface area contributed by atoms with E-state index >= 15 is 0 Å². The van der Waals surface area contributed by atoms with Gasteiger partial charge in [0, 0.05) is 17.8 Å². The van der Waals surface area contributed by atoms with Gasteiger partial charge in [0.2, 0.25) is 0 Å². The molecule has 0 unspecified atom stereocenters. The Morgan fingerprint density at radius 3 is 2.94 bits per heavy atom. The minimum Gasteiger partial charge on any atom is -0.378 e. The minimum absolute atomic E-state index is 0.664. The maximum atomic E-state index is 6.07. The van der Waals surface area contributed by atoms with E-state index in [1.165, 1.54) is 0 Å². The summed E-state index contributed by atoms with van der Waals surface area (Å²) >= 11 is 12.0. The molecule has 1 N–H and O–H groups in total. The second kappa shape index (κ2) is 5.43. The second-order valence-corrected chi connectivity index (χ2v) is 4.49. The van der Waals surface area contributed by atoms with E-state index in [4.69, 9.17) is 23.2 Å². The Kier molecular flexibility index (Phi) is 3.92. The molecule has 0 bridgehead atoms. The molecule has 0 aliphatic rings. The zero-order valence-corrected chi connectivity index (χ0v) is 11.0. The summed E-state index contributed by atoms with van der Waals surface area (Å²) in [5, 5.41) is 4.59. The number of nitrogens with zero attached hydrogens (tertiary/aromatic N) is 2. The summed E-state index contributed by atoms with van der Waals surface area (Å²) in [6, 6.07) is 5.37. The van der Waals surface area contributed by atoms with Crippen LogP contribution in [-0.4, -0.2) is 9.55 Å². The van der Waals surface area contributed by atoms with Crippen molar-refractivity contribution in [2.45, 2.75) is 20.0 Å². The molecular formula is C12H13Cl2N3. The van der Waals surface area contributed by atoms with Gasteiger partial charge in [0.1, 0.15) is 0 Å². The molecular weight excluding hydrogens is 257 g/mol.